The van der Waals surface area contributed by atoms with E-state index in [1.165, 1.54) is 23.3 Å². The van der Waals surface area contributed by atoms with E-state index in [0.717, 1.165) is 0 Å². The second-order valence-electron chi connectivity index (χ2n) is 8.83. The van der Waals surface area contributed by atoms with Crippen molar-refractivity contribution in [2.45, 2.75) is 43.9 Å². The van der Waals surface area contributed by atoms with Crippen molar-refractivity contribution in [3.63, 3.8) is 0 Å². The highest BCUT2D eigenvalue weighted by molar-refractivity contribution is 7.91. The van der Waals surface area contributed by atoms with Crippen LogP contribution in [0.25, 0.3) is 0 Å². The highest BCUT2D eigenvalue weighted by Gasteiger charge is 2.28. The van der Waals surface area contributed by atoms with Gasteiger partial charge in [-0.2, -0.15) is 0 Å². The first-order chi connectivity index (χ1) is 15.7. The first-order valence-electron chi connectivity index (χ1n) is 11.1. The average Bonchev–Trinajstić information content (AvgIpc) is 2.81. The quantitative estimate of drug-likeness (QED) is 0.493. The van der Waals surface area contributed by atoms with Gasteiger partial charge in [0.25, 0.3) is 5.91 Å². The third-order valence-corrected chi connectivity index (χ3v) is 8.34. The molecule has 1 fully saturated rings. The molecule has 0 spiro atoms. The molecule has 8 nitrogen and oxygen atoms in total. The van der Waals surface area contributed by atoms with Crippen LogP contribution in [0.1, 0.15) is 56.2 Å². The Morgan fingerprint density at radius 3 is 2.52 bits per heavy atom. The molecule has 0 aliphatic carbocycles. The van der Waals surface area contributed by atoms with Crippen molar-refractivity contribution >= 4 is 21.7 Å². The van der Waals surface area contributed by atoms with Gasteiger partial charge in [0.15, 0.2) is 0 Å². The summed E-state index contributed by atoms with van der Waals surface area (Å²) in [6, 6.07) is 12.6. The molecule has 4 rings (SSSR count). The highest BCUT2D eigenvalue weighted by atomic mass is 32.2. The largest absolute Gasteiger partial charge is 0.390 e. The molecule has 0 unspecified atom stereocenters. The normalized spacial score (nSPS) is 21.1. The minimum atomic E-state index is -3.06. The monoisotopic (exact) mass is 471 g/mol. The number of nitrogens with one attached hydrogen (secondary N) is 2. The summed E-state index contributed by atoms with van der Waals surface area (Å²) in [6.45, 7) is 0.744. The van der Waals surface area contributed by atoms with E-state index >= 15 is 0 Å². The smallest absolute Gasteiger partial charge is 0.251 e. The maximum Gasteiger partial charge on any atom is 0.251 e. The van der Waals surface area contributed by atoms with Crippen molar-refractivity contribution in [1.82, 2.24) is 10.6 Å². The number of hydrogen-bond acceptors (Lipinski definition) is 6. The molecule has 176 valence electrons. The summed E-state index contributed by atoms with van der Waals surface area (Å²) in [5.41, 5.74) is 9.18. The molecular weight excluding hydrogens is 442 g/mol. The van der Waals surface area contributed by atoms with Gasteiger partial charge in [-0.3, -0.25) is 9.59 Å². The number of benzene rings is 2. The van der Waals surface area contributed by atoms with Gasteiger partial charge in [-0.1, -0.05) is 24.3 Å². The zero-order valence-corrected chi connectivity index (χ0v) is 19.1. The topological polar surface area (TPSA) is 139 Å². The third-order valence-electron chi connectivity index (χ3n) is 6.62. The van der Waals surface area contributed by atoms with Crippen LogP contribution in [0, 0.1) is 0 Å². The number of carbonyl (C=O) groups is 2. The van der Waals surface area contributed by atoms with E-state index in [4.69, 9.17) is 5.73 Å². The predicted octanol–water partition coefficient (Wildman–Crippen LogP) is 0.883. The lowest BCUT2D eigenvalue weighted by molar-refractivity contribution is 0.0869. The Balaban J connectivity index is 1.42. The molecule has 2 atom stereocenters. The van der Waals surface area contributed by atoms with Crippen LogP contribution in [-0.2, 0) is 22.8 Å². The lowest BCUT2D eigenvalue weighted by Crippen LogP contribution is -2.49. The number of carbonyl (C=O) groups excluding carboxylic acids is 2. The van der Waals surface area contributed by atoms with E-state index in [0.29, 0.717) is 42.5 Å². The van der Waals surface area contributed by atoms with Crippen LogP contribution in [0.4, 0.5) is 0 Å². The Labute approximate surface area is 193 Å². The molecule has 0 bridgehead atoms. The number of primary amides is 1. The van der Waals surface area contributed by atoms with Crippen molar-refractivity contribution in [2.75, 3.05) is 18.1 Å². The second kappa shape index (κ2) is 9.62. The summed E-state index contributed by atoms with van der Waals surface area (Å²) >= 11 is 0. The Morgan fingerprint density at radius 1 is 1.12 bits per heavy atom. The molecule has 1 saturated heterocycles. The second-order valence-corrected chi connectivity index (χ2v) is 11.1. The van der Waals surface area contributed by atoms with Crippen LogP contribution in [-0.4, -0.2) is 55.5 Å². The third kappa shape index (κ3) is 5.43. The SMILES string of the molecule is NC(=O)c1ccc(C(=O)NC[C@@H](O)[C@@H]2Cc3ccccc3CN2)cc1C1CCS(=O)(=O)CC1. The number of amides is 2. The summed E-state index contributed by atoms with van der Waals surface area (Å²) < 4.78 is 23.6. The Kier molecular flexibility index (Phi) is 6.83. The molecule has 0 aromatic heterocycles. The number of sulfone groups is 1. The molecule has 2 aromatic rings. The van der Waals surface area contributed by atoms with Gasteiger partial charge in [0.05, 0.1) is 17.6 Å². The summed E-state index contributed by atoms with van der Waals surface area (Å²) in [5.74, 6) is -1.03. The maximum absolute atomic E-state index is 12.8. The summed E-state index contributed by atoms with van der Waals surface area (Å²) in [6.07, 6.45) is 0.688. The molecular formula is C24H29N3O5S. The van der Waals surface area contributed by atoms with Crippen LogP contribution in [0.3, 0.4) is 0 Å². The van der Waals surface area contributed by atoms with E-state index in [2.05, 4.69) is 16.7 Å². The molecule has 0 saturated carbocycles. The van der Waals surface area contributed by atoms with Crippen LogP contribution >= 0.6 is 0 Å². The molecule has 33 heavy (non-hydrogen) atoms. The minimum Gasteiger partial charge on any atom is -0.390 e. The molecule has 2 heterocycles. The summed E-state index contributed by atoms with van der Waals surface area (Å²) in [7, 11) is -3.06. The lowest BCUT2D eigenvalue weighted by atomic mass is 9.88. The average molecular weight is 472 g/mol. The first kappa shape index (κ1) is 23.4. The van der Waals surface area contributed by atoms with Crippen LogP contribution in [0.5, 0.6) is 0 Å². The number of rotatable bonds is 6. The van der Waals surface area contributed by atoms with Crippen LogP contribution < -0.4 is 16.4 Å². The van der Waals surface area contributed by atoms with Crippen LogP contribution in [0.15, 0.2) is 42.5 Å². The number of hydrogen-bond donors (Lipinski definition) is 4. The maximum atomic E-state index is 12.8. The molecule has 2 aromatic carbocycles. The fourth-order valence-electron chi connectivity index (χ4n) is 4.66. The Hall–Kier alpha value is -2.75. The van der Waals surface area contributed by atoms with E-state index < -0.39 is 21.8 Å². The molecule has 0 radical (unpaired) electrons. The molecule has 2 aliphatic heterocycles. The molecule has 2 aliphatic rings. The van der Waals surface area contributed by atoms with Crippen molar-refractivity contribution < 1.29 is 23.1 Å². The highest BCUT2D eigenvalue weighted by Crippen LogP contribution is 2.32. The van der Waals surface area contributed by atoms with Gasteiger partial charge < -0.3 is 21.5 Å². The fourth-order valence-corrected chi connectivity index (χ4v) is 6.15. The fraction of sp³-hybridized carbons (Fsp3) is 0.417. The zero-order valence-electron chi connectivity index (χ0n) is 18.3. The summed E-state index contributed by atoms with van der Waals surface area (Å²) in [4.78, 5) is 24.7. The Morgan fingerprint density at radius 2 is 1.82 bits per heavy atom. The van der Waals surface area contributed by atoms with Gasteiger partial charge in [0.1, 0.15) is 9.84 Å². The van der Waals surface area contributed by atoms with E-state index in [1.807, 2.05) is 18.2 Å². The van der Waals surface area contributed by atoms with Crippen molar-refractivity contribution in [3.05, 3.63) is 70.3 Å². The van der Waals surface area contributed by atoms with E-state index in [-0.39, 0.29) is 35.9 Å². The van der Waals surface area contributed by atoms with Gasteiger partial charge in [0.2, 0.25) is 5.91 Å². The number of fused-ring (bicyclic) bond motifs is 1. The number of aliphatic hydroxyl groups is 1. The first-order valence-corrected chi connectivity index (χ1v) is 13.0. The van der Waals surface area contributed by atoms with Crippen molar-refractivity contribution in [3.8, 4) is 0 Å². The molecule has 5 N–H and O–H groups in total. The van der Waals surface area contributed by atoms with Gasteiger partial charge in [-0.15, -0.1) is 0 Å². The van der Waals surface area contributed by atoms with Crippen LogP contribution in [0.2, 0.25) is 0 Å². The number of aliphatic hydroxyl groups excluding tert-OH is 1. The lowest BCUT2D eigenvalue weighted by Gasteiger charge is -2.30. The van der Waals surface area contributed by atoms with E-state index in [9.17, 15) is 23.1 Å². The molecule has 9 heteroatoms. The van der Waals surface area contributed by atoms with Crippen molar-refractivity contribution in [1.29, 1.82) is 0 Å². The standard InChI is InChI=1S/C24H29N3O5S/c25-23(29)19-6-5-17(11-20(19)15-7-9-33(31,32)10-8-15)24(30)27-14-22(28)21-12-16-3-1-2-4-18(16)13-26-21/h1-6,11,15,21-22,26,28H,7-10,12-14H2,(H2,25,29)(H,27,30)/t21-,22+/m0/s1. The van der Waals surface area contributed by atoms with Gasteiger partial charge >= 0.3 is 0 Å². The number of nitrogens with two attached hydrogens (primary N) is 1. The van der Waals surface area contributed by atoms with Gasteiger partial charge in [-0.05, 0) is 60.1 Å². The van der Waals surface area contributed by atoms with E-state index in [1.54, 1.807) is 6.07 Å². The molecule has 2 amide bonds. The van der Waals surface area contributed by atoms with Gasteiger partial charge in [0, 0.05) is 30.3 Å². The van der Waals surface area contributed by atoms with Gasteiger partial charge in [-0.25, -0.2) is 8.42 Å². The van der Waals surface area contributed by atoms with Crippen molar-refractivity contribution in [2.24, 2.45) is 5.73 Å². The predicted molar refractivity (Wildman–Crippen MR) is 125 cm³/mol. The zero-order chi connectivity index (χ0) is 23.6. The minimum absolute atomic E-state index is 0.0516. The summed E-state index contributed by atoms with van der Waals surface area (Å²) in [5, 5.41) is 16.7. The Bertz CT molecular complexity index is 1150.